The third kappa shape index (κ3) is 5.84. The summed E-state index contributed by atoms with van der Waals surface area (Å²) in [5, 5.41) is 6.98. The number of nitrogens with one attached hydrogen (secondary N) is 2. The Hall–Kier alpha value is -1.82. The molecule has 2 aliphatic carbocycles. The van der Waals surface area contributed by atoms with Gasteiger partial charge < -0.3 is 20.1 Å². The number of nitrogens with zero attached hydrogens (tertiary/aromatic N) is 2. The van der Waals surface area contributed by atoms with E-state index in [0.29, 0.717) is 18.1 Å². The summed E-state index contributed by atoms with van der Waals surface area (Å²) < 4.78 is 11.5. The van der Waals surface area contributed by atoms with E-state index in [4.69, 9.17) is 9.47 Å². The van der Waals surface area contributed by atoms with Crippen LogP contribution < -0.4 is 15.4 Å². The van der Waals surface area contributed by atoms with Crippen LogP contribution in [0, 0.1) is 5.41 Å². The van der Waals surface area contributed by atoms with E-state index in [9.17, 15) is 0 Å². The van der Waals surface area contributed by atoms with Crippen LogP contribution in [0.2, 0.25) is 0 Å². The third-order valence-corrected chi connectivity index (χ3v) is 6.23. The first-order valence-electron chi connectivity index (χ1n) is 10.8. The van der Waals surface area contributed by atoms with Crippen LogP contribution in [-0.2, 0) is 11.3 Å². The van der Waals surface area contributed by atoms with Gasteiger partial charge in [0, 0.05) is 45.6 Å². The highest BCUT2D eigenvalue weighted by molar-refractivity contribution is 5.79. The minimum Gasteiger partial charge on any atom is -0.474 e. The smallest absolute Gasteiger partial charge is 0.218 e. The summed E-state index contributed by atoms with van der Waals surface area (Å²) in [5.74, 6) is 1.59. The van der Waals surface area contributed by atoms with Crippen LogP contribution in [0.25, 0.3) is 0 Å². The largest absolute Gasteiger partial charge is 0.474 e. The zero-order valence-corrected chi connectivity index (χ0v) is 17.5. The van der Waals surface area contributed by atoms with Gasteiger partial charge in [-0.3, -0.25) is 4.99 Å². The summed E-state index contributed by atoms with van der Waals surface area (Å²) in [7, 11) is 3.61. The van der Waals surface area contributed by atoms with Crippen LogP contribution in [0.1, 0.15) is 63.4 Å². The molecule has 0 aromatic carbocycles. The fraction of sp³-hybridized carbons (Fsp3) is 0.727. The molecule has 0 radical (unpaired) electrons. The van der Waals surface area contributed by atoms with Crippen molar-refractivity contribution >= 4 is 5.96 Å². The molecule has 0 atom stereocenters. The summed E-state index contributed by atoms with van der Waals surface area (Å²) >= 11 is 0. The van der Waals surface area contributed by atoms with E-state index in [-0.39, 0.29) is 0 Å². The van der Waals surface area contributed by atoms with Crippen molar-refractivity contribution in [3.8, 4) is 5.88 Å². The summed E-state index contributed by atoms with van der Waals surface area (Å²) in [6, 6.07) is 4.04. The molecule has 0 saturated heterocycles. The Balaban J connectivity index is 1.52. The van der Waals surface area contributed by atoms with E-state index in [1.807, 2.05) is 13.1 Å². The first-order valence-corrected chi connectivity index (χ1v) is 10.8. The average Bonchev–Trinajstić information content (AvgIpc) is 3.40. The van der Waals surface area contributed by atoms with Crippen molar-refractivity contribution in [2.45, 2.75) is 70.4 Å². The fourth-order valence-electron chi connectivity index (χ4n) is 4.46. The van der Waals surface area contributed by atoms with E-state index in [2.05, 4.69) is 26.7 Å². The van der Waals surface area contributed by atoms with Crippen molar-refractivity contribution in [2.75, 3.05) is 27.3 Å². The number of ether oxygens (including phenoxy) is 2. The Morgan fingerprint density at radius 3 is 2.71 bits per heavy atom. The third-order valence-electron chi connectivity index (χ3n) is 6.23. The van der Waals surface area contributed by atoms with Crippen LogP contribution >= 0.6 is 0 Å². The zero-order chi connectivity index (χ0) is 19.7. The van der Waals surface area contributed by atoms with Crippen molar-refractivity contribution in [1.29, 1.82) is 0 Å². The van der Waals surface area contributed by atoms with Crippen molar-refractivity contribution < 1.29 is 9.47 Å². The highest BCUT2D eigenvalue weighted by Gasteiger charge is 2.33. The van der Waals surface area contributed by atoms with Gasteiger partial charge in [-0.15, -0.1) is 0 Å². The highest BCUT2D eigenvalue weighted by atomic mass is 16.5. The van der Waals surface area contributed by atoms with Gasteiger partial charge in [0.05, 0.1) is 0 Å². The number of hydrogen-bond donors (Lipinski definition) is 2. The minimum atomic E-state index is 0.314. The molecule has 6 heteroatoms. The van der Waals surface area contributed by atoms with Crippen LogP contribution in [0.4, 0.5) is 0 Å². The number of guanidine groups is 1. The number of rotatable bonds is 9. The molecular weight excluding hydrogens is 352 g/mol. The number of methoxy groups -OCH3 is 1. The van der Waals surface area contributed by atoms with Crippen LogP contribution in [0.3, 0.4) is 0 Å². The molecule has 2 aliphatic rings. The Morgan fingerprint density at radius 2 is 2.00 bits per heavy atom. The molecule has 1 aromatic rings. The molecule has 0 amide bonds. The molecule has 156 valence electrons. The lowest BCUT2D eigenvalue weighted by atomic mass is 9.83. The zero-order valence-electron chi connectivity index (χ0n) is 17.5. The SMILES string of the molecule is CN=C(NCc1cccnc1OC1CCCC1)NCC1(CCOC)CCCC1. The average molecular weight is 389 g/mol. The first-order chi connectivity index (χ1) is 13.7. The fourth-order valence-corrected chi connectivity index (χ4v) is 4.46. The first kappa shape index (κ1) is 20.9. The summed E-state index contributed by atoms with van der Waals surface area (Å²) in [5.41, 5.74) is 1.41. The quantitative estimate of drug-likeness (QED) is 0.499. The summed E-state index contributed by atoms with van der Waals surface area (Å²) in [6.07, 6.45) is 13.2. The number of pyridine rings is 1. The van der Waals surface area contributed by atoms with Crippen molar-refractivity contribution in [3.05, 3.63) is 23.9 Å². The Labute approximate surface area is 169 Å². The molecule has 2 saturated carbocycles. The van der Waals surface area contributed by atoms with Crippen molar-refractivity contribution in [2.24, 2.45) is 10.4 Å². The van der Waals surface area contributed by atoms with Crippen molar-refractivity contribution in [3.63, 3.8) is 0 Å². The van der Waals surface area contributed by atoms with E-state index < -0.39 is 0 Å². The van der Waals surface area contributed by atoms with Gasteiger partial charge in [0.25, 0.3) is 0 Å². The van der Waals surface area contributed by atoms with Gasteiger partial charge in [0.15, 0.2) is 5.96 Å². The second-order valence-electron chi connectivity index (χ2n) is 8.22. The molecule has 2 fully saturated rings. The van der Waals surface area contributed by atoms with Crippen LogP contribution in [0.5, 0.6) is 5.88 Å². The number of aromatic nitrogens is 1. The lowest BCUT2D eigenvalue weighted by molar-refractivity contribution is 0.138. The highest BCUT2D eigenvalue weighted by Crippen LogP contribution is 2.40. The topological polar surface area (TPSA) is 67.8 Å². The second-order valence-corrected chi connectivity index (χ2v) is 8.22. The van der Waals surface area contributed by atoms with E-state index in [0.717, 1.165) is 49.8 Å². The molecule has 0 unspecified atom stereocenters. The summed E-state index contributed by atoms with van der Waals surface area (Å²) in [6.45, 7) is 2.42. The van der Waals surface area contributed by atoms with E-state index in [1.54, 1.807) is 13.3 Å². The number of hydrogen-bond acceptors (Lipinski definition) is 4. The molecule has 1 heterocycles. The monoisotopic (exact) mass is 388 g/mol. The van der Waals surface area contributed by atoms with Gasteiger partial charge in [0.1, 0.15) is 6.10 Å². The molecule has 0 spiro atoms. The Kier molecular flexibility index (Phi) is 7.95. The predicted octanol–water partition coefficient (Wildman–Crippen LogP) is 3.66. The molecule has 3 rings (SSSR count). The maximum Gasteiger partial charge on any atom is 0.218 e. The summed E-state index contributed by atoms with van der Waals surface area (Å²) in [4.78, 5) is 8.87. The standard InChI is InChI=1S/C22H36N4O2/c1-23-21(26-17-22(13-15-27-2)11-5-6-12-22)25-16-18-8-7-14-24-20(18)28-19-9-3-4-10-19/h7-8,14,19H,3-6,9-13,15-17H2,1-2H3,(H2,23,25,26). The van der Waals surface area contributed by atoms with Crippen LogP contribution in [-0.4, -0.2) is 44.4 Å². The van der Waals surface area contributed by atoms with Gasteiger partial charge >= 0.3 is 0 Å². The predicted molar refractivity (Wildman–Crippen MR) is 113 cm³/mol. The Morgan fingerprint density at radius 1 is 1.21 bits per heavy atom. The van der Waals surface area contributed by atoms with Gasteiger partial charge in [-0.25, -0.2) is 4.98 Å². The maximum absolute atomic E-state index is 6.15. The second kappa shape index (κ2) is 10.6. The van der Waals surface area contributed by atoms with Crippen molar-refractivity contribution in [1.82, 2.24) is 15.6 Å². The molecule has 0 aliphatic heterocycles. The van der Waals surface area contributed by atoms with E-state index in [1.165, 1.54) is 38.5 Å². The van der Waals surface area contributed by atoms with Gasteiger partial charge in [0.2, 0.25) is 5.88 Å². The van der Waals surface area contributed by atoms with E-state index >= 15 is 0 Å². The maximum atomic E-state index is 6.15. The molecule has 2 N–H and O–H groups in total. The van der Waals surface area contributed by atoms with Gasteiger partial charge in [-0.2, -0.15) is 0 Å². The van der Waals surface area contributed by atoms with Crippen LogP contribution in [0.15, 0.2) is 23.3 Å². The molecule has 1 aromatic heterocycles. The molecular formula is C22H36N4O2. The van der Waals surface area contributed by atoms with Gasteiger partial charge in [-0.1, -0.05) is 18.9 Å². The lowest BCUT2D eigenvalue weighted by Gasteiger charge is -2.30. The molecule has 28 heavy (non-hydrogen) atoms. The Bertz CT molecular complexity index is 623. The minimum absolute atomic E-state index is 0.314. The lowest BCUT2D eigenvalue weighted by Crippen LogP contribution is -2.43. The van der Waals surface area contributed by atoms with Gasteiger partial charge in [-0.05, 0) is 56.4 Å². The molecule has 6 nitrogen and oxygen atoms in total. The normalized spacial score (nSPS) is 19.7. The number of aliphatic imine (C=N–C) groups is 1. The molecule has 0 bridgehead atoms.